The van der Waals surface area contributed by atoms with E-state index in [0.29, 0.717) is 17.5 Å². The second kappa shape index (κ2) is 6.97. The first-order valence-electron chi connectivity index (χ1n) is 7.81. The number of hydrogen-bond donors (Lipinski definition) is 0. The van der Waals surface area contributed by atoms with Crippen LogP contribution in [0.3, 0.4) is 0 Å². The van der Waals surface area contributed by atoms with Crippen molar-refractivity contribution in [2.45, 2.75) is 31.7 Å². The van der Waals surface area contributed by atoms with Crippen LogP contribution in [0.15, 0.2) is 54.6 Å². The Balaban J connectivity index is 1.67. The molecule has 1 atom stereocenters. The number of carbonyl (C=O) groups excluding carboxylic acids is 1. The average Bonchev–Trinajstić information content (AvgIpc) is 2.99. The molecule has 1 fully saturated rings. The summed E-state index contributed by atoms with van der Waals surface area (Å²) in [5, 5.41) is 0.676. The summed E-state index contributed by atoms with van der Waals surface area (Å²) in [5.74, 6) is 0.187. The summed E-state index contributed by atoms with van der Waals surface area (Å²) < 4.78 is 0. The quantitative estimate of drug-likeness (QED) is 0.831. The average molecular weight is 314 g/mol. The van der Waals surface area contributed by atoms with E-state index in [2.05, 4.69) is 24.3 Å². The Morgan fingerprint density at radius 2 is 1.82 bits per heavy atom. The van der Waals surface area contributed by atoms with Crippen molar-refractivity contribution in [1.82, 2.24) is 4.90 Å². The molecular weight excluding hydrogens is 294 g/mol. The zero-order chi connectivity index (χ0) is 15.4. The van der Waals surface area contributed by atoms with Gasteiger partial charge in [-0.2, -0.15) is 0 Å². The van der Waals surface area contributed by atoms with Crippen molar-refractivity contribution in [2.24, 2.45) is 0 Å². The first kappa shape index (κ1) is 15.1. The summed E-state index contributed by atoms with van der Waals surface area (Å²) in [6, 6.07) is 18.3. The van der Waals surface area contributed by atoms with Gasteiger partial charge in [0, 0.05) is 17.6 Å². The molecule has 3 heteroatoms. The zero-order valence-electron chi connectivity index (χ0n) is 12.5. The largest absolute Gasteiger partial charge is 0.339 e. The molecule has 22 heavy (non-hydrogen) atoms. The Bertz CT molecular complexity index is 641. The molecule has 1 unspecified atom stereocenters. The molecule has 2 nitrogen and oxygen atoms in total. The van der Waals surface area contributed by atoms with Crippen molar-refractivity contribution in [2.75, 3.05) is 6.54 Å². The number of halogens is 1. The van der Waals surface area contributed by atoms with Crippen LogP contribution in [-0.4, -0.2) is 23.4 Å². The third kappa shape index (κ3) is 3.50. The van der Waals surface area contributed by atoms with E-state index in [4.69, 9.17) is 11.6 Å². The summed E-state index contributed by atoms with van der Waals surface area (Å²) in [5.41, 5.74) is 2.21. The Labute approximate surface area is 136 Å². The van der Waals surface area contributed by atoms with E-state index in [-0.39, 0.29) is 5.91 Å². The number of nitrogens with zero attached hydrogens (tertiary/aromatic N) is 1. The lowest BCUT2D eigenvalue weighted by Crippen LogP contribution is -2.37. The Kier molecular flexibility index (Phi) is 4.79. The van der Waals surface area contributed by atoms with E-state index in [1.807, 2.05) is 35.2 Å². The van der Waals surface area contributed by atoms with E-state index in [1.54, 1.807) is 0 Å². The lowest BCUT2D eigenvalue weighted by atomic mass is 10.0. The fourth-order valence-electron chi connectivity index (χ4n) is 3.17. The summed E-state index contributed by atoms with van der Waals surface area (Å²) in [6.07, 6.45) is 3.51. The highest BCUT2D eigenvalue weighted by Gasteiger charge is 2.28. The third-order valence-corrected chi connectivity index (χ3v) is 4.68. The normalized spacial score (nSPS) is 17.7. The molecule has 0 aromatic heterocycles. The number of amides is 1. The van der Waals surface area contributed by atoms with Crippen molar-refractivity contribution >= 4 is 17.5 Å². The number of benzene rings is 2. The van der Waals surface area contributed by atoms with Crippen molar-refractivity contribution in [1.29, 1.82) is 0 Å². The molecule has 0 saturated carbocycles. The minimum absolute atomic E-state index is 0.187. The van der Waals surface area contributed by atoms with Gasteiger partial charge >= 0.3 is 0 Å². The standard InChI is InChI=1S/C19H20ClNO/c20-18-11-5-4-9-16(18)14-19(22)21-12-6-10-17(21)13-15-7-2-1-3-8-15/h1-5,7-9,11,17H,6,10,12-14H2. The number of carbonyl (C=O) groups is 1. The summed E-state index contributed by atoms with van der Waals surface area (Å²) in [7, 11) is 0. The van der Waals surface area contributed by atoms with Crippen molar-refractivity contribution in [3.63, 3.8) is 0 Å². The Hall–Kier alpha value is -1.80. The van der Waals surface area contributed by atoms with Gasteiger partial charge in [-0.15, -0.1) is 0 Å². The monoisotopic (exact) mass is 313 g/mol. The molecule has 1 aliphatic heterocycles. The first-order valence-corrected chi connectivity index (χ1v) is 8.18. The van der Waals surface area contributed by atoms with Crippen LogP contribution in [0.5, 0.6) is 0 Å². The Morgan fingerprint density at radius 3 is 2.59 bits per heavy atom. The van der Waals surface area contributed by atoms with Crippen LogP contribution in [0, 0.1) is 0 Å². The van der Waals surface area contributed by atoms with Crippen LogP contribution in [0.25, 0.3) is 0 Å². The predicted molar refractivity (Wildman–Crippen MR) is 90.0 cm³/mol. The lowest BCUT2D eigenvalue weighted by Gasteiger charge is -2.25. The van der Waals surface area contributed by atoms with Crippen LogP contribution < -0.4 is 0 Å². The molecule has 114 valence electrons. The molecule has 3 rings (SSSR count). The van der Waals surface area contributed by atoms with Crippen LogP contribution in [-0.2, 0) is 17.6 Å². The van der Waals surface area contributed by atoms with E-state index in [0.717, 1.165) is 31.4 Å². The van der Waals surface area contributed by atoms with Crippen molar-refractivity contribution in [3.05, 3.63) is 70.7 Å². The van der Waals surface area contributed by atoms with E-state index in [9.17, 15) is 4.79 Å². The van der Waals surface area contributed by atoms with Crippen LogP contribution >= 0.6 is 11.6 Å². The van der Waals surface area contributed by atoms with Gasteiger partial charge in [0.2, 0.25) is 5.91 Å². The van der Waals surface area contributed by atoms with Gasteiger partial charge in [0.15, 0.2) is 0 Å². The van der Waals surface area contributed by atoms with Crippen molar-refractivity contribution < 1.29 is 4.79 Å². The maximum Gasteiger partial charge on any atom is 0.227 e. The molecular formula is C19H20ClNO. The van der Waals surface area contributed by atoms with E-state index < -0.39 is 0 Å². The van der Waals surface area contributed by atoms with Gasteiger partial charge in [-0.25, -0.2) is 0 Å². The van der Waals surface area contributed by atoms with Gasteiger partial charge in [-0.05, 0) is 36.5 Å². The van der Waals surface area contributed by atoms with Gasteiger partial charge in [0.1, 0.15) is 0 Å². The predicted octanol–water partition coefficient (Wildman–Crippen LogP) is 4.12. The topological polar surface area (TPSA) is 20.3 Å². The molecule has 1 aliphatic rings. The smallest absolute Gasteiger partial charge is 0.227 e. The Morgan fingerprint density at radius 1 is 1.09 bits per heavy atom. The third-order valence-electron chi connectivity index (χ3n) is 4.31. The van der Waals surface area contributed by atoms with E-state index >= 15 is 0 Å². The molecule has 0 radical (unpaired) electrons. The summed E-state index contributed by atoms with van der Waals surface area (Å²) in [6.45, 7) is 0.862. The number of likely N-dealkylation sites (tertiary alicyclic amines) is 1. The molecule has 2 aromatic rings. The fourth-order valence-corrected chi connectivity index (χ4v) is 3.37. The summed E-state index contributed by atoms with van der Waals surface area (Å²) in [4.78, 5) is 14.7. The molecule has 1 saturated heterocycles. The number of rotatable bonds is 4. The molecule has 1 heterocycles. The van der Waals surface area contributed by atoms with Gasteiger partial charge in [-0.1, -0.05) is 60.1 Å². The van der Waals surface area contributed by atoms with E-state index in [1.165, 1.54) is 5.56 Å². The first-order chi connectivity index (χ1) is 10.7. The van der Waals surface area contributed by atoms with Crippen LogP contribution in [0.1, 0.15) is 24.0 Å². The minimum Gasteiger partial charge on any atom is -0.339 e. The fraction of sp³-hybridized carbons (Fsp3) is 0.316. The highest BCUT2D eigenvalue weighted by Crippen LogP contribution is 2.23. The van der Waals surface area contributed by atoms with Crippen LogP contribution in [0.4, 0.5) is 0 Å². The minimum atomic E-state index is 0.187. The van der Waals surface area contributed by atoms with Gasteiger partial charge in [0.25, 0.3) is 0 Å². The summed E-state index contributed by atoms with van der Waals surface area (Å²) >= 11 is 6.17. The zero-order valence-corrected chi connectivity index (χ0v) is 13.3. The van der Waals surface area contributed by atoms with Gasteiger partial charge in [0.05, 0.1) is 6.42 Å². The molecule has 0 bridgehead atoms. The second-order valence-corrected chi connectivity index (χ2v) is 6.25. The number of hydrogen-bond acceptors (Lipinski definition) is 1. The van der Waals surface area contributed by atoms with Crippen LogP contribution in [0.2, 0.25) is 5.02 Å². The molecule has 1 amide bonds. The van der Waals surface area contributed by atoms with Crippen molar-refractivity contribution in [3.8, 4) is 0 Å². The maximum atomic E-state index is 12.6. The second-order valence-electron chi connectivity index (χ2n) is 5.84. The lowest BCUT2D eigenvalue weighted by molar-refractivity contribution is -0.131. The van der Waals surface area contributed by atoms with Gasteiger partial charge < -0.3 is 4.90 Å². The molecule has 0 aliphatic carbocycles. The molecule has 2 aromatic carbocycles. The SMILES string of the molecule is O=C(Cc1ccccc1Cl)N1CCCC1Cc1ccccc1. The highest BCUT2D eigenvalue weighted by molar-refractivity contribution is 6.31. The molecule has 0 N–H and O–H groups in total. The maximum absolute atomic E-state index is 12.6. The molecule has 0 spiro atoms. The van der Waals surface area contributed by atoms with Gasteiger partial charge in [-0.3, -0.25) is 4.79 Å². The highest BCUT2D eigenvalue weighted by atomic mass is 35.5.